The highest BCUT2D eigenvalue weighted by Gasteiger charge is 2.19. The maximum absolute atomic E-state index is 13.4. The Morgan fingerprint density at radius 1 is 0.969 bits per heavy atom. The van der Waals surface area contributed by atoms with Crippen LogP contribution in [0.15, 0.2) is 94.9 Å². The summed E-state index contributed by atoms with van der Waals surface area (Å²) in [5.41, 5.74) is 2.63. The van der Waals surface area contributed by atoms with Gasteiger partial charge in [-0.05, 0) is 30.2 Å². The molecule has 162 valence electrons. The molecule has 5 nitrogen and oxygen atoms in total. The molecular formula is C26H25N3O2S. The van der Waals surface area contributed by atoms with E-state index in [0.29, 0.717) is 22.6 Å². The zero-order valence-electron chi connectivity index (χ0n) is 18.1. The van der Waals surface area contributed by atoms with Gasteiger partial charge < -0.3 is 4.90 Å². The number of rotatable bonds is 7. The van der Waals surface area contributed by atoms with Gasteiger partial charge >= 0.3 is 0 Å². The number of fused-ring (bicyclic) bond motifs is 1. The van der Waals surface area contributed by atoms with E-state index >= 15 is 0 Å². The second-order valence-corrected chi connectivity index (χ2v) is 8.64. The fourth-order valence-corrected chi connectivity index (χ4v) is 4.65. The molecule has 1 aromatic heterocycles. The van der Waals surface area contributed by atoms with Crippen molar-refractivity contribution in [1.82, 2.24) is 14.5 Å². The summed E-state index contributed by atoms with van der Waals surface area (Å²) >= 11 is 1.31. The molecule has 0 N–H and O–H groups in total. The van der Waals surface area contributed by atoms with E-state index in [4.69, 9.17) is 4.98 Å². The summed E-state index contributed by atoms with van der Waals surface area (Å²) in [4.78, 5) is 32.7. The van der Waals surface area contributed by atoms with Gasteiger partial charge in [0.2, 0.25) is 5.91 Å². The van der Waals surface area contributed by atoms with Gasteiger partial charge in [0.15, 0.2) is 5.16 Å². The Bertz CT molecular complexity index is 1270. The van der Waals surface area contributed by atoms with Crippen LogP contribution in [0.2, 0.25) is 0 Å². The lowest BCUT2D eigenvalue weighted by Gasteiger charge is -2.21. The molecule has 1 heterocycles. The van der Waals surface area contributed by atoms with Crippen molar-refractivity contribution in [3.05, 3.63) is 106 Å². The second kappa shape index (κ2) is 9.83. The molecule has 4 aromatic rings. The molecule has 1 atom stereocenters. The van der Waals surface area contributed by atoms with Gasteiger partial charge in [0.05, 0.1) is 22.7 Å². The van der Waals surface area contributed by atoms with E-state index in [9.17, 15) is 9.59 Å². The van der Waals surface area contributed by atoms with E-state index in [0.717, 1.165) is 11.1 Å². The van der Waals surface area contributed by atoms with Crippen molar-refractivity contribution in [3.63, 3.8) is 0 Å². The van der Waals surface area contributed by atoms with Crippen molar-refractivity contribution < 1.29 is 4.79 Å². The molecule has 3 aromatic carbocycles. The average Bonchev–Trinajstić information content (AvgIpc) is 2.83. The Morgan fingerprint density at radius 3 is 2.31 bits per heavy atom. The predicted molar refractivity (Wildman–Crippen MR) is 130 cm³/mol. The summed E-state index contributed by atoms with van der Waals surface area (Å²) in [5, 5.41) is 1.12. The Balaban J connectivity index is 1.62. The second-order valence-electron chi connectivity index (χ2n) is 7.70. The van der Waals surface area contributed by atoms with Crippen LogP contribution < -0.4 is 5.56 Å². The van der Waals surface area contributed by atoms with Gasteiger partial charge in [0.25, 0.3) is 5.56 Å². The molecule has 0 saturated carbocycles. The molecule has 0 aliphatic rings. The maximum Gasteiger partial charge on any atom is 0.262 e. The van der Waals surface area contributed by atoms with Crippen LogP contribution in [0.5, 0.6) is 0 Å². The van der Waals surface area contributed by atoms with E-state index in [-0.39, 0.29) is 23.3 Å². The van der Waals surface area contributed by atoms with Crippen molar-refractivity contribution in [2.75, 3.05) is 12.8 Å². The highest BCUT2D eigenvalue weighted by molar-refractivity contribution is 7.99. The number of benzene rings is 3. The maximum atomic E-state index is 13.4. The Morgan fingerprint density at radius 2 is 1.59 bits per heavy atom. The third kappa shape index (κ3) is 4.75. The first kappa shape index (κ1) is 21.8. The number of carbonyl (C=O) groups is 1. The molecule has 4 rings (SSSR count). The van der Waals surface area contributed by atoms with Gasteiger partial charge in [0, 0.05) is 13.6 Å². The number of hydrogen-bond donors (Lipinski definition) is 0. The number of nitrogens with zero attached hydrogens (tertiary/aromatic N) is 3. The number of hydrogen-bond acceptors (Lipinski definition) is 4. The lowest BCUT2D eigenvalue weighted by atomic mass is 10.1. The minimum Gasteiger partial charge on any atom is -0.341 e. The smallest absolute Gasteiger partial charge is 0.262 e. The van der Waals surface area contributed by atoms with Crippen molar-refractivity contribution >= 4 is 28.6 Å². The molecule has 0 saturated heterocycles. The van der Waals surface area contributed by atoms with E-state index in [1.54, 1.807) is 22.6 Å². The van der Waals surface area contributed by atoms with Crippen LogP contribution in [0.4, 0.5) is 0 Å². The van der Waals surface area contributed by atoms with Crippen LogP contribution in [0.1, 0.15) is 24.1 Å². The SMILES string of the molecule is CC(c1ccccc1)n1c(SCC(=O)N(C)Cc2ccccc2)nc2ccccc2c1=O. The molecular weight excluding hydrogens is 418 g/mol. The molecule has 0 aliphatic heterocycles. The zero-order valence-corrected chi connectivity index (χ0v) is 19.0. The molecule has 0 bridgehead atoms. The topological polar surface area (TPSA) is 55.2 Å². The van der Waals surface area contributed by atoms with Crippen LogP contribution >= 0.6 is 11.8 Å². The van der Waals surface area contributed by atoms with E-state index < -0.39 is 0 Å². The molecule has 1 unspecified atom stereocenters. The number of aromatic nitrogens is 2. The normalized spacial score (nSPS) is 11.9. The summed E-state index contributed by atoms with van der Waals surface area (Å²) in [5.74, 6) is 0.190. The predicted octanol–water partition coefficient (Wildman–Crippen LogP) is 4.76. The van der Waals surface area contributed by atoms with Gasteiger partial charge in [-0.15, -0.1) is 0 Å². The minimum absolute atomic E-state index is 0.0137. The van der Waals surface area contributed by atoms with Gasteiger partial charge in [-0.25, -0.2) is 4.98 Å². The monoisotopic (exact) mass is 443 g/mol. The number of thioether (sulfide) groups is 1. The summed E-state index contributed by atoms with van der Waals surface area (Å²) in [7, 11) is 1.80. The highest BCUT2D eigenvalue weighted by Crippen LogP contribution is 2.25. The van der Waals surface area contributed by atoms with Crippen LogP contribution in [0, 0.1) is 0 Å². The number of para-hydroxylation sites is 1. The Kier molecular flexibility index (Phi) is 6.71. The largest absolute Gasteiger partial charge is 0.341 e. The Labute approximate surface area is 191 Å². The van der Waals surface area contributed by atoms with Gasteiger partial charge in [-0.3, -0.25) is 14.2 Å². The third-order valence-corrected chi connectivity index (χ3v) is 6.40. The fraction of sp³-hybridized carbons (Fsp3) is 0.192. The summed E-state index contributed by atoms with van der Waals surface area (Å²) in [6.45, 7) is 2.53. The summed E-state index contributed by atoms with van der Waals surface area (Å²) in [6, 6.07) is 26.9. The van der Waals surface area contributed by atoms with Crippen molar-refractivity contribution in [2.45, 2.75) is 24.7 Å². The van der Waals surface area contributed by atoms with Crippen LogP contribution in [0.25, 0.3) is 10.9 Å². The molecule has 0 spiro atoms. The first-order valence-electron chi connectivity index (χ1n) is 10.5. The number of amides is 1. The van der Waals surface area contributed by atoms with Crippen molar-refractivity contribution in [1.29, 1.82) is 0 Å². The molecule has 32 heavy (non-hydrogen) atoms. The van der Waals surface area contributed by atoms with Crippen molar-refractivity contribution in [3.8, 4) is 0 Å². The summed E-state index contributed by atoms with van der Waals surface area (Å²) in [6.07, 6.45) is 0. The summed E-state index contributed by atoms with van der Waals surface area (Å²) < 4.78 is 1.70. The van der Waals surface area contributed by atoms with Crippen LogP contribution in [-0.4, -0.2) is 33.2 Å². The molecule has 1 amide bonds. The highest BCUT2D eigenvalue weighted by atomic mass is 32.2. The molecule has 6 heteroatoms. The standard InChI is InChI=1S/C26H25N3O2S/c1-19(21-13-7-4-8-14-21)29-25(31)22-15-9-10-16-23(22)27-26(29)32-18-24(30)28(2)17-20-11-5-3-6-12-20/h3-16,19H,17-18H2,1-2H3. The fourth-order valence-electron chi connectivity index (χ4n) is 3.63. The minimum atomic E-state index is -0.208. The zero-order chi connectivity index (χ0) is 22.5. The van der Waals surface area contributed by atoms with E-state index in [1.165, 1.54) is 11.8 Å². The Hall–Kier alpha value is -3.38. The van der Waals surface area contributed by atoms with Crippen LogP contribution in [-0.2, 0) is 11.3 Å². The molecule has 0 aliphatic carbocycles. The van der Waals surface area contributed by atoms with Gasteiger partial charge in [-0.2, -0.15) is 0 Å². The van der Waals surface area contributed by atoms with Gasteiger partial charge in [-0.1, -0.05) is 84.6 Å². The first-order valence-corrected chi connectivity index (χ1v) is 11.5. The van der Waals surface area contributed by atoms with Crippen molar-refractivity contribution in [2.24, 2.45) is 0 Å². The molecule has 0 radical (unpaired) electrons. The quantitative estimate of drug-likeness (QED) is 0.305. The first-order chi connectivity index (χ1) is 15.5. The van der Waals surface area contributed by atoms with Gasteiger partial charge in [0.1, 0.15) is 0 Å². The molecule has 0 fully saturated rings. The third-order valence-electron chi connectivity index (χ3n) is 5.46. The number of carbonyl (C=O) groups excluding carboxylic acids is 1. The van der Waals surface area contributed by atoms with E-state index in [1.807, 2.05) is 85.8 Å². The average molecular weight is 444 g/mol. The van der Waals surface area contributed by atoms with Crippen LogP contribution in [0.3, 0.4) is 0 Å². The van der Waals surface area contributed by atoms with E-state index in [2.05, 4.69) is 0 Å². The lowest BCUT2D eigenvalue weighted by molar-refractivity contribution is -0.127. The lowest BCUT2D eigenvalue weighted by Crippen LogP contribution is -2.30.